The van der Waals surface area contributed by atoms with Crippen molar-refractivity contribution in [2.75, 3.05) is 0 Å². The summed E-state index contributed by atoms with van der Waals surface area (Å²) in [5, 5.41) is 6.01. The summed E-state index contributed by atoms with van der Waals surface area (Å²) < 4.78 is 0. The van der Waals surface area contributed by atoms with Crippen LogP contribution < -0.4 is 5.32 Å². The van der Waals surface area contributed by atoms with Crippen LogP contribution in [0.1, 0.15) is 31.9 Å². The first-order valence-corrected chi connectivity index (χ1v) is 8.66. The van der Waals surface area contributed by atoms with Crippen LogP contribution in [0.3, 0.4) is 0 Å². The summed E-state index contributed by atoms with van der Waals surface area (Å²) in [5.41, 5.74) is 3.48. The van der Waals surface area contributed by atoms with Gasteiger partial charge in [-0.3, -0.25) is 0 Å². The Bertz CT molecular complexity index is 816. The van der Waals surface area contributed by atoms with Crippen LogP contribution in [0.2, 0.25) is 0 Å². The molecule has 0 aromatic heterocycles. The highest BCUT2D eigenvalue weighted by Gasteiger charge is 2.08. The highest BCUT2D eigenvalue weighted by molar-refractivity contribution is 5.86. The zero-order valence-electron chi connectivity index (χ0n) is 15.2. The van der Waals surface area contributed by atoms with Crippen LogP contribution in [0, 0.1) is 0 Å². The lowest BCUT2D eigenvalue weighted by atomic mass is 9.99. The predicted octanol–water partition coefficient (Wildman–Crippen LogP) is 6.64. The normalized spacial score (nSPS) is 13.4. The molecule has 2 rings (SSSR count). The Morgan fingerprint density at radius 3 is 2.64 bits per heavy atom. The minimum Gasteiger partial charge on any atom is -0.379 e. The van der Waals surface area contributed by atoms with Crippen molar-refractivity contribution in [3.8, 4) is 0 Å². The van der Waals surface area contributed by atoms with E-state index in [0.29, 0.717) is 0 Å². The molecule has 1 unspecified atom stereocenters. The molecule has 0 saturated heterocycles. The van der Waals surface area contributed by atoms with Crippen molar-refractivity contribution in [1.29, 1.82) is 0 Å². The SMILES string of the molecule is C=CC/C(C)=C/C=C\C=C\C(=C)NC(C)c1cccc2ccccc12. The maximum atomic E-state index is 4.10. The molecule has 0 spiro atoms. The number of hydrogen-bond acceptors (Lipinski definition) is 1. The van der Waals surface area contributed by atoms with Gasteiger partial charge >= 0.3 is 0 Å². The van der Waals surface area contributed by atoms with E-state index in [1.165, 1.54) is 21.9 Å². The van der Waals surface area contributed by atoms with E-state index >= 15 is 0 Å². The van der Waals surface area contributed by atoms with Gasteiger partial charge in [0.05, 0.1) is 0 Å². The van der Waals surface area contributed by atoms with Crippen LogP contribution in [0.5, 0.6) is 0 Å². The summed E-state index contributed by atoms with van der Waals surface area (Å²) in [6.07, 6.45) is 13.0. The molecule has 0 heterocycles. The van der Waals surface area contributed by atoms with Crippen LogP contribution in [-0.2, 0) is 0 Å². The fourth-order valence-corrected chi connectivity index (χ4v) is 2.78. The van der Waals surface area contributed by atoms with Gasteiger partial charge in [0, 0.05) is 11.7 Å². The van der Waals surface area contributed by atoms with Crippen molar-refractivity contribution in [1.82, 2.24) is 5.32 Å². The molecular formula is C24H27N. The molecule has 0 amide bonds. The van der Waals surface area contributed by atoms with Gasteiger partial charge in [0.15, 0.2) is 0 Å². The summed E-state index contributed by atoms with van der Waals surface area (Å²) in [6.45, 7) is 12.1. The highest BCUT2D eigenvalue weighted by atomic mass is 14.9. The zero-order chi connectivity index (χ0) is 18.1. The number of benzene rings is 2. The van der Waals surface area contributed by atoms with Crippen molar-refractivity contribution in [2.45, 2.75) is 26.3 Å². The Hall–Kier alpha value is -2.80. The van der Waals surface area contributed by atoms with E-state index in [4.69, 9.17) is 0 Å². The Morgan fingerprint density at radius 1 is 1.08 bits per heavy atom. The first kappa shape index (κ1) is 18.5. The second kappa shape index (κ2) is 9.48. The van der Waals surface area contributed by atoms with E-state index in [-0.39, 0.29) is 6.04 Å². The van der Waals surface area contributed by atoms with Crippen molar-refractivity contribution < 1.29 is 0 Å². The minimum absolute atomic E-state index is 0.196. The number of hydrogen-bond donors (Lipinski definition) is 1. The molecule has 25 heavy (non-hydrogen) atoms. The molecule has 1 nitrogen and oxygen atoms in total. The lowest BCUT2D eigenvalue weighted by Crippen LogP contribution is -2.16. The van der Waals surface area contributed by atoms with E-state index in [0.717, 1.165) is 12.1 Å². The average Bonchev–Trinajstić information content (AvgIpc) is 2.61. The van der Waals surface area contributed by atoms with Crippen LogP contribution in [-0.4, -0.2) is 0 Å². The van der Waals surface area contributed by atoms with Crippen molar-refractivity contribution in [3.63, 3.8) is 0 Å². The topological polar surface area (TPSA) is 12.0 Å². The fourth-order valence-electron chi connectivity index (χ4n) is 2.78. The number of fused-ring (bicyclic) bond motifs is 1. The second-order valence-corrected chi connectivity index (χ2v) is 6.21. The molecule has 2 aromatic carbocycles. The molecule has 1 heteroatoms. The number of rotatable bonds is 8. The van der Waals surface area contributed by atoms with Gasteiger partial charge in [0.2, 0.25) is 0 Å². The van der Waals surface area contributed by atoms with Gasteiger partial charge in [-0.25, -0.2) is 0 Å². The van der Waals surface area contributed by atoms with Crippen molar-refractivity contribution in [3.05, 3.63) is 109 Å². The smallest absolute Gasteiger partial charge is 0.0491 e. The van der Waals surface area contributed by atoms with Crippen molar-refractivity contribution in [2.24, 2.45) is 0 Å². The van der Waals surface area contributed by atoms with Gasteiger partial charge in [-0.2, -0.15) is 0 Å². The summed E-state index contributed by atoms with van der Waals surface area (Å²) in [6, 6.07) is 15.1. The largest absolute Gasteiger partial charge is 0.379 e. The number of allylic oxidation sites excluding steroid dienone is 7. The Balaban J connectivity index is 1.98. The first-order valence-electron chi connectivity index (χ1n) is 8.66. The first-order chi connectivity index (χ1) is 12.1. The highest BCUT2D eigenvalue weighted by Crippen LogP contribution is 2.24. The van der Waals surface area contributed by atoms with Crippen LogP contribution in [0.4, 0.5) is 0 Å². The monoisotopic (exact) mass is 329 g/mol. The van der Waals surface area contributed by atoms with Crippen molar-refractivity contribution >= 4 is 10.8 Å². The molecule has 0 bridgehead atoms. The van der Waals surface area contributed by atoms with E-state index in [1.54, 1.807) is 0 Å². The predicted molar refractivity (Wildman–Crippen MR) is 111 cm³/mol. The molecule has 1 N–H and O–H groups in total. The van der Waals surface area contributed by atoms with Gasteiger partial charge in [-0.1, -0.05) is 85.0 Å². The van der Waals surface area contributed by atoms with E-state index in [9.17, 15) is 0 Å². The van der Waals surface area contributed by atoms with Crippen LogP contribution in [0.25, 0.3) is 10.8 Å². The zero-order valence-corrected chi connectivity index (χ0v) is 15.2. The maximum Gasteiger partial charge on any atom is 0.0491 e. The molecule has 0 aliphatic rings. The molecule has 0 radical (unpaired) electrons. The molecule has 0 aliphatic carbocycles. The summed E-state index contributed by atoms with van der Waals surface area (Å²) >= 11 is 0. The molecular weight excluding hydrogens is 302 g/mol. The van der Waals surface area contributed by atoms with Gasteiger partial charge in [-0.15, -0.1) is 6.58 Å². The summed E-state index contributed by atoms with van der Waals surface area (Å²) in [7, 11) is 0. The Kier molecular flexibility index (Phi) is 7.03. The fraction of sp³-hybridized carbons (Fsp3) is 0.167. The number of nitrogens with one attached hydrogen (secondary N) is 1. The summed E-state index contributed by atoms with van der Waals surface area (Å²) in [5.74, 6) is 0. The second-order valence-electron chi connectivity index (χ2n) is 6.21. The van der Waals surface area contributed by atoms with Gasteiger partial charge in [-0.05, 0) is 42.7 Å². The minimum atomic E-state index is 0.196. The Labute approximate surface area is 151 Å². The summed E-state index contributed by atoms with van der Waals surface area (Å²) in [4.78, 5) is 0. The molecule has 128 valence electrons. The third-order valence-corrected chi connectivity index (χ3v) is 4.06. The van der Waals surface area contributed by atoms with Crippen LogP contribution in [0.15, 0.2) is 103 Å². The van der Waals surface area contributed by atoms with Gasteiger partial charge in [0.25, 0.3) is 0 Å². The molecule has 0 saturated carbocycles. The third-order valence-electron chi connectivity index (χ3n) is 4.06. The van der Waals surface area contributed by atoms with E-state index in [1.807, 2.05) is 30.4 Å². The van der Waals surface area contributed by atoms with Gasteiger partial charge < -0.3 is 5.32 Å². The molecule has 1 atom stereocenters. The molecule has 0 aliphatic heterocycles. The lowest BCUT2D eigenvalue weighted by molar-refractivity contribution is 0.672. The molecule has 0 fully saturated rings. The van der Waals surface area contributed by atoms with E-state index < -0.39 is 0 Å². The molecule has 2 aromatic rings. The average molecular weight is 329 g/mol. The van der Waals surface area contributed by atoms with Crippen LogP contribution >= 0.6 is 0 Å². The lowest BCUT2D eigenvalue weighted by Gasteiger charge is -2.17. The maximum absolute atomic E-state index is 4.10. The third kappa shape index (κ3) is 5.65. The van der Waals surface area contributed by atoms with E-state index in [2.05, 4.69) is 80.9 Å². The Morgan fingerprint density at radius 2 is 1.84 bits per heavy atom. The quantitative estimate of drug-likeness (QED) is 0.423. The van der Waals surface area contributed by atoms with Gasteiger partial charge in [0.1, 0.15) is 0 Å². The standard InChI is InChI=1S/C24H27N/c1-5-12-19(2)13-7-6-8-14-20(3)25-21(4)23-18-11-16-22-15-9-10-17-24(22)23/h5-11,13-18,21,25H,1,3,12H2,2,4H3/b7-6-,14-8+,19-13+.